The van der Waals surface area contributed by atoms with E-state index in [2.05, 4.69) is 13.8 Å². The van der Waals surface area contributed by atoms with Crippen LogP contribution < -0.4 is 0 Å². The minimum Gasteiger partial charge on any atom is -0.207 e. The molecule has 0 atom stereocenters. The quantitative estimate of drug-likeness (QED) is 0.786. The van der Waals surface area contributed by atoms with Gasteiger partial charge in [0.2, 0.25) is 10.0 Å². The molecule has 0 amide bonds. The minimum absolute atomic E-state index is 0.204. The van der Waals surface area contributed by atoms with Gasteiger partial charge in [-0.3, -0.25) is 0 Å². The molecule has 20 heavy (non-hydrogen) atoms. The van der Waals surface area contributed by atoms with E-state index in [4.69, 9.17) is 23.2 Å². The molecule has 0 N–H and O–H groups in total. The first-order valence-corrected chi connectivity index (χ1v) is 8.96. The number of nitrogens with zero attached hydrogens (tertiary/aromatic N) is 1. The van der Waals surface area contributed by atoms with Crippen molar-refractivity contribution in [2.24, 2.45) is 5.41 Å². The second-order valence-electron chi connectivity index (χ2n) is 5.96. The fraction of sp³-hybridized carbons (Fsp3) is 0.571. The van der Waals surface area contributed by atoms with Crippen LogP contribution >= 0.6 is 23.2 Å². The molecule has 0 saturated carbocycles. The van der Waals surface area contributed by atoms with E-state index in [-0.39, 0.29) is 16.2 Å². The molecule has 0 spiro atoms. The SMILES string of the molecule is CC1(C)CCN(S(=O)(=O)c2ccc(Cl)c(CCl)c2)CC1. The zero-order chi connectivity index (χ0) is 15.0. The zero-order valence-corrected chi connectivity index (χ0v) is 14.0. The van der Waals surface area contributed by atoms with Crippen molar-refractivity contribution in [3.63, 3.8) is 0 Å². The van der Waals surface area contributed by atoms with Gasteiger partial charge in [-0.05, 0) is 42.0 Å². The lowest BCUT2D eigenvalue weighted by Gasteiger charge is -2.36. The highest BCUT2D eigenvalue weighted by Crippen LogP contribution is 2.33. The molecule has 0 aliphatic carbocycles. The topological polar surface area (TPSA) is 37.4 Å². The van der Waals surface area contributed by atoms with E-state index >= 15 is 0 Å². The monoisotopic (exact) mass is 335 g/mol. The first kappa shape index (κ1) is 16.1. The Hall–Kier alpha value is -0.290. The lowest BCUT2D eigenvalue weighted by molar-refractivity contribution is 0.196. The molecule has 1 heterocycles. The molecule has 1 aliphatic rings. The highest BCUT2D eigenvalue weighted by atomic mass is 35.5. The van der Waals surface area contributed by atoms with E-state index in [1.807, 2.05) is 0 Å². The van der Waals surface area contributed by atoms with Gasteiger partial charge in [0.25, 0.3) is 0 Å². The number of sulfonamides is 1. The first-order valence-electron chi connectivity index (χ1n) is 6.61. The van der Waals surface area contributed by atoms with Gasteiger partial charge in [0, 0.05) is 24.0 Å². The molecular formula is C14H19Cl2NO2S. The minimum atomic E-state index is -3.45. The van der Waals surface area contributed by atoms with E-state index in [1.165, 1.54) is 0 Å². The summed E-state index contributed by atoms with van der Waals surface area (Å²) in [7, 11) is -3.45. The van der Waals surface area contributed by atoms with E-state index < -0.39 is 10.0 Å². The highest BCUT2D eigenvalue weighted by molar-refractivity contribution is 7.89. The van der Waals surface area contributed by atoms with Crippen LogP contribution in [0.2, 0.25) is 5.02 Å². The van der Waals surface area contributed by atoms with Crippen LogP contribution in [0.25, 0.3) is 0 Å². The first-order chi connectivity index (χ1) is 9.26. The van der Waals surface area contributed by atoms with E-state index in [0.717, 1.165) is 12.8 Å². The van der Waals surface area contributed by atoms with Crippen LogP contribution in [0.3, 0.4) is 0 Å². The van der Waals surface area contributed by atoms with Gasteiger partial charge in [-0.15, -0.1) is 11.6 Å². The summed E-state index contributed by atoms with van der Waals surface area (Å²) in [5.41, 5.74) is 0.861. The van der Waals surface area contributed by atoms with Crippen LogP contribution in [-0.2, 0) is 15.9 Å². The van der Waals surface area contributed by atoms with Crippen LogP contribution in [0.15, 0.2) is 23.1 Å². The molecule has 1 fully saturated rings. The number of rotatable bonds is 3. The number of alkyl halides is 1. The Morgan fingerprint density at radius 3 is 2.40 bits per heavy atom. The van der Waals surface area contributed by atoms with Gasteiger partial charge in [-0.25, -0.2) is 8.42 Å². The summed E-state index contributed by atoms with van der Waals surface area (Å²) >= 11 is 11.8. The van der Waals surface area contributed by atoms with Crippen LogP contribution in [-0.4, -0.2) is 25.8 Å². The second-order valence-corrected chi connectivity index (χ2v) is 8.57. The zero-order valence-electron chi connectivity index (χ0n) is 11.7. The van der Waals surface area contributed by atoms with E-state index in [0.29, 0.717) is 23.7 Å². The summed E-state index contributed by atoms with van der Waals surface area (Å²) < 4.78 is 26.8. The van der Waals surface area contributed by atoms with Gasteiger partial charge < -0.3 is 0 Å². The second kappa shape index (κ2) is 5.84. The van der Waals surface area contributed by atoms with Gasteiger partial charge in [0.15, 0.2) is 0 Å². The predicted octanol–water partition coefficient (Wildman–Crippen LogP) is 3.89. The Kier molecular flexibility index (Phi) is 4.69. The Morgan fingerprint density at radius 2 is 1.85 bits per heavy atom. The molecule has 1 aromatic rings. The lowest BCUT2D eigenvalue weighted by Crippen LogP contribution is -2.41. The summed E-state index contributed by atoms with van der Waals surface area (Å²) in [6.07, 6.45) is 1.75. The van der Waals surface area contributed by atoms with E-state index in [9.17, 15) is 8.42 Å². The summed E-state index contributed by atoms with van der Waals surface area (Å²) in [5, 5.41) is 0.499. The van der Waals surface area contributed by atoms with Gasteiger partial charge in [0.1, 0.15) is 0 Å². The van der Waals surface area contributed by atoms with E-state index in [1.54, 1.807) is 22.5 Å². The third-order valence-electron chi connectivity index (χ3n) is 3.87. The molecule has 0 aromatic heterocycles. The molecule has 1 saturated heterocycles. The molecule has 3 nitrogen and oxygen atoms in total. The maximum Gasteiger partial charge on any atom is 0.243 e. The smallest absolute Gasteiger partial charge is 0.207 e. The maximum absolute atomic E-state index is 12.6. The van der Waals surface area contributed by atoms with Crippen LogP contribution in [0, 0.1) is 5.41 Å². The number of hydrogen-bond donors (Lipinski definition) is 0. The van der Waals surface area contributed by atoms with Crippen LogP contribution in [0.4, 0.5) is 0 Å². The highest BCUT2D eigenvalue weighted by Gasteiger charge is 2.32. The standard InChI is InChI=1S/C14H19Cl2NO2S/c1-14(2)5-7-17(8-6-14)20(18,19)12-3-4-13(16)11(9-12)10-15/h3-4,9H,5-8,10H2,1-2H3. The largest absolute Gasteiger partial charge is 0.243 e. The third kappa shape index (κ3) is 3.30. The van der Waals surface area contributed by atoms with Crippen molar-refractivity contribution in [2.45, 2.75) is 37.5 Å². The Labute approximate surface area is 130 Å². The van der Waals surface area contributed by atoms with Gasteiger partial charge in [0.05, 0.1) is 4.90 Å². The molecule has 6 heteroatoms. The summed E-state index contributed by atoms with van der Waals surface area (Å²) in [4.78, 5) is 0.275. The molecule has 112 valence electrons. The number of halogens is 2. The molecule has 0 unspecified atom stereocenters. The molecule has 1 aliphatic heterocycles. The third-order valence-corrected chi connectivity index (χ3v) is 6.43. The summed E-state index contributed by atoms with van der Waals surface area (Å²) in [6, 6.07) is 4.72. The normalized spacial score (nSPS) is 20.0. The average Bonchev–Trinajstić information content (AvgIpc) is 2.38. The Bertz CT molecular complexity index is 589. The average molecular weight is 336 g/mol. The Balaban J connectivity index is 2.27. The van der Waals surface area contributed by atoms with Crippen molar-refractivity contribution in [1.29, 1.82) is 0 Å². The van der Waals surface area contributed by atoms with Gasteiger partial charge in [-0.2, -0.15) is 4.31 Å². The van der Waals surface area contributed by atoms with Crippen molar-refractivity contribution >= 4 is 33.2 Å². The van der Waals surface area contributed by atoms with Gasteiger partial charge >= 0.3 is 0 Å². The molecule has 2 rings (SSSR count). The molecule has 0 bridgehead atoms. The Morgan fingerprint density at radius 1 is 1.25 bits per heavy atom. The summed E-state index contributed by atoms with van der Waals surface area (Å²) in [6.45, 7) is 5.47. The van der Waals surface area contributed by atoms with Crippen LogP contribution in [0.1, 0.15) is 32.3 Å². The fourth-order valence-electron chi connectivity index (χ4n) is 2.29. The van der Waals surface area contributed by atoms with Crippen molar-refractivity contribution in [3.8, 4) is 0 Å². The molecular weight excluding hydrogens is 317 g/mol. The van der Waals surface area contributed by atoms with Crippen molar-refractivity contribution in [1.82, 2.24) is 4.31 Å². The van der Waals surface area contributed by atoms with Crippen molar-refractivity contribution < 1.29 is 8.42 Å². The lowest BCUT2D eigenvalue weighted by atomic mass is 9.83. The number of hydrogen-bond acceptors (Lipinski definition) is 2. The number of piperidine rings is 1. The van der Waals surface area contributed by atoms with Crippen LogP contribution in [0.5, 0.6) is 0 Å². The van der Waals surface area contributed by atoms with Crippen molar-refractivity contribution in [2.75, 3.05) is 13.1 Å². The van der Waals surface area contributed by atoms with Gasteiger partial charge in [-0.1, -0.05) is 25.4 Å². The fourth-order valence-corrected chi connectivity index (χ4v) is 4.26. The predicted molar refractivity (Wildman–Crippen MR) is 82.8 cm³/mol. The number of benzene rings is 1. The van der Waals surface area contributed by atoms with Crippen molar-refractivity contribution in [3.05, 3.63) is 28.8 Å². The molecule has 1 aromatic carbocycles. The maximum atomic E-state index is 12.6. The molecule has 0 radical (unpaired) electrons. The summed E-state index contributed by atoms with van der Waals surface area (Å²) in [5.74, 6) is 0.204.